The zero-order valence-electron chi connectivity index (χ0n) is 16.3. The van der Waals surface area contributed by atoms with E-state index in [1.54, 1.807) is 34.1 Å². The Labute approximate surface area is 182 Å². The normalized spacial score (nSPS) is 14.2. The number of piperazine rings is 1. The van der Waals surface area contributed by atoms with Crippen LogP contribution in [-0.4, -0.2) is 68.3 Å². The maximum Gasteiger partial charge on any atom is 0.289 e. The molecule has 1 aliphatic heterocycles. The number of hydrogen-bond donors (Lipinski definition) is 0. The Hall–Kier alpha value is -2.78. The first kappa shape index (κ1) is 20.5. The molecule has 1 aliphatic rings. The zero-order valence-corrected chi connectivity index (χ0v) is 17.9. The third-order valence-corrected chi connectivity index (χ3v) is 6.17. The van der Waals surface area contributed by atoms with Crippen LogP contribution in [0.25, 0.3) is 11.4 Å². The van der Waals surface area contributed by atoms with Crippen LogP contribution in [0.3, 0.4) is 0 Å². The predicted molar refractivity (Wildman–Crippen MR) is 113 cm³/mol. The van der Waals surface area contributed by atoms with Crippen molar-refractivity contribution < 1.29 is 14.0 Å². The van der Waals surface area contributed by atoms with Gasteiger partial charge in [-0.05, 0) is 36.4 Å². The summed E-state index contributed by atoms with van der Waals surface area (Å²) in [6.45, 7) is 1.97. The van der Waals surface area contributed by atoms with Gasteiger partial charge in [-0.3, -0.25) is 9.59 Å². The predicted octanol–water partition coefficient (Wildman–Crippen LogP) is 2.81. The highest BCUT2D eigenvalue weighted by Crippen LogP contribution is 2.24. The molecule has 0 radical (unpaired) electrons. The zero-order chi connectivity index (χ0) is 21.1. The molecular formula is C20H20ClN5O3S. The van der Waals surface area contributed by atoms with E-state index in [2.05, 4.69) is 10.2 Å². The lowest BCUT2D eigenvalue weighted by molar-refractivity contribution is -0.129. The Morgan fingerprint density at radius 2 is 1.77 bits per heavy atom. The van der Waals surface area contributed by atoms with Crippen molar-refractivity contribution in [3.05, 3.63) is 53.4 Å². The number of rotatable bonds is 5. The van der Waals surface area contributed by atoms with Crippen LogP contribution in [0.1, 0.15) is 10.6 Å². The minimum absolute atomic E-state index is 0.0149. The highest BCUT2D eigenvalue weighted by molar-refractivity contribution is 7.99. The number of furan rings is 1. The van der Waals surface area contributed by atoms with Crippen LogP contribution in [0, 0.1) is 0 Å². The van der Waals surface area contributed by atoms with Crippen molar-refractivity contribution in [2.24, 2.45) is 7.05 Å². The van der Waals surface area contributed by atoms with E-state index in [4.69, 9.17) is 16.0 Å². The van der Waals surface area contributed by atoms with Crippen LogP contribution in [0.15, 0.2) is 52.2 Å². The van der Waals surface area contributed by atoms with E-state index in [9.17, 15) is 9.59 Å². The van der Waals surface area contributed by atoms with E-state index in [0.29, 0.717) is 47.9 Å². The summed E-state index contributed by atoms with van der Waals surface area (Å²) in [7, 11) is 1.87. The molecule has 1 saturated heterocycles. The minimum atomic E-state index is -0.143. The summed E-state index contributed by atoms with van der Waals surface area (Å²) in [6, 6.07) is 10.7. The Morgan fingerprint density at radius 3 is 2.43 bits per heavy atom. The lowest BCUT2D eigenvalue weighted by Gasteiger charge is -2.34. The van der Waals surface area contributed by atoms with Gasteiger partial charge in [-0.25, -0.2) is 0 Å². The number of hydrogen-bond acceptors (Lipinski definition) is 6. The maximum atomic E-state index is 12.6. The molecule has 156 valence electrons. The van der Waals surface area contributed by atoms with Crippen LogP contribution in [0.2, 0.25) is 5.02 Å². The molecule has 0 aliphatic carbocycles. The van der Waals surface area contributed by atoms with Crippen molar-refractivity contribution >= 4 is 35.2 Å². The fourth-order valence-electron chi connectivity index (χ4n) is 3.22. The second kappa shape index (κ2) is 8.93. The molecule has 3 heterocycles. The van der Waals surface area contributed by atoms with Gasteiger partial charge in [0.2, 0.25) is 5.91 Å². The van der Waals surface area contributed by atoms with E-state index in [0.717, 1.165) is 5.56 Å². The number of thioether (sulfide) groups is 1. The van der Waals surface area contributed by atoms with E-state index < -0.39 is 0 Å². The van der Waals surface area contributed by atoms with Crippen LogP contribution in [-0.2, 0) is 11.8 Å². The highest BCUT2D eigenvalue weighted by Gasteiger charge is 2.26. The van der Waals surface area contributed by atoms with Gasteiger partial charge >= 0.3 is 0 Å². The first-order chi connectivity index (χ1) is 14.5. The number of benzene rings is 1. The van der Waals surface area contributed by atoms with Crippen molar-refractivity contribution in [2.45, 2.75) is 5.16 Å². The SMILES string of the molecule is Cn1c(SCC(=O)N2CCN(C(=O)c3ccco3)CC2)nnc1-c1ccc(Cl)cc1. The average Bonchev–Trinajstić information content (AvgIpc) is 3.43. The summed E-state index contributed by atoms with van der Waals surface area (Å²) in [6.07, 6.45) is 1.48. The van der Waals surface area contributed by atoms with Gasteiger partial charge in [-0.2, -0.15) is 0 Å². The molecule has 0 atom stereocenters. The first-order valence-electron chi connectivity index (χ1n) is 9.41. The minimum Gasteiger partial charge on any atom is -0.459 e. The first-order valence-corrected chi connectivity index (χ1v) is 10.8. The topological polar surface area (TPSA) is 84.5 Å². The third kappa shape index (κ3) is 4.36. The molecule has 4 rings (SSSR count). The molecule has 0 N–H and O–H groups in total. The fraction of sp³-hybridized carbons (Fsp3) is 0.300. The van der Waals surface area contributed by atoms with Crippen molar-refractivity contribution in [2.75, 3.05) is 31.9 Å². The monoisotopic (exact) mass is 445 g/mol. The number of amides is 2. The largest absolute Gasteiger partial charge is 0.459 e. The number of carbonyl (C=O) groups excluding carboxylic acids is 2. The van der Waals surface area contributed by atoms with Gasteiger partial charge in [-0.15, -0.1) is 10.2 Å². The molecule has 1 fully saturated rings. The van der Waals surface area contributed by atoms with Gasteiger partial charge < -0.3 is 18.8 Å². The van der Waals surface area contributed by atoms with E-state index in [1.807, 2.05) is 23.7 Å². The maximum absolute atomic E-state index is 12.6. The molecular weight excluding hydrogens is 426 g/mol. The molecule has 0 unspecified atom stereocenters. The third-order valence-electron chi connectivity index (χ3n) is 4.91. The van der Waals surface area contributed by atoms with Gasteiger partial charge in [0.1, 0.15) is 0 Å². The molecule has 2 amide bonds. The van der Waals surface area contributed by atoms with Crippen molar-refractivity contribution in [3.63, 3.8) is 0 Å². The molecule has 1 aromatic carbocycles. The number of aromatic nitrogens is 3. The molecule has 3 aromatic rings. The molecule has 2 aromatic heterocycles. The molecule has 0 saturated carbocycles. The lowest BCUT2D eigenvalue weighted by Crippen LogP contribution is -2.51. The molecule has 10 heteroatoms. The summed E-state index contributed by atoms with van der Waals surface area (Å²) < 4.78 is 7.03. The average molecular weight is 446 g/mol. The molecule has 30 heavy (non-hydrogen) atoms. The molecule has 0 bridgehead atoms. The van der Waals surface area contributed by atoms with Crippen LogP contribution in [0.5, 0.6) is 0 Å². The summed E-state index contributed by atoms with van der Waals surface area (Å²) in [4.78, 5) is 28.4. The Morgan fingerprint density at radius 1 is 1.07 bits per heavy atom. The summed E-state index contributed by atoms with van der Waals surface area (Å²) in [5.74, 6) is 1.17. The van der Waals surface area contributed by atoms with E-state index in [1.165, 1.54) is 18.0 Å². The van der Waals surface area contributed by atoms with E-state index in [-0.39, 0.29) is 17.6 Å². The van der Waals surface area contributed by atoms with Crippen LogP contribution in [0.4, 0.5) is 0 Å². The number of carbonyl (C=O) groups is 2. The lowest BCUT2D eigenvalue weighted by atomic mass is 10.2. The molecule has 0 spiro atoms. The van der Waals surface area contributed by atoms with Gasteiger partial charge in [0.05, 0.1) is 12.0 Å². The van der Waals surface area contributed by atoms with Crippen LogP contribution < -0.4 is 0 Å². The Bertz CT molecular complexity index is 1030. The Balaban J connectivity index is 1.30. The van der Waals surface area contributed by atoms with Crippen molar-refractivity contribution in [1.82, 2.24) is 24.6 Å². The van der Waals surface area contributed by atoms with Gasteiger partial charge in [-0.1, -0.05) is 23.4 Å². The second-order valence-electron chi connectivity index (χ2n) is 6.81. The number of nitrogens with zero attached hydrogens (tertiary/aromatic N) is 5. The summed E-state index contributed by atoms with van der Waals surface area (Å²) >= 11 is 7.29. The number of halogens is 1. The quantitative estimate of drug-likeness (QED) is 0.561. The van der Waals surface area contributed by atoms with Gasteiger partial charge in [0.15, 0.2) is 16.7 Å². The van der Waals surface area contributed by atoms with Gasteiger partial charge in [0.25, 0.3) is 5.91 Å². The van der Waals surface area contributed by atoms with Gasteiger partial charge in [0, 0.05) is 43.8 Å². The fourth-order valence-corrected chi connectivity index (χ4v) is 4.16. The summed E-state index contributed by atoms with van der Waals surface area (Å²) in [5, 5.41) is 9.76. The standard InChI is InChI=1S/C20H20ClN5O3S/c1-24-18(14-4-6-15(21)7-5-14)22-23-20(24)30-13-17(27)25-8-10-26(11-9-25)19(28)16-3-2-12-29-16/h2-7,12H,8-11,13H2,1H3. The smallest absolute Gasteiger partial charge is 0.289 e. The second-order valence-corrected chi connectivity index (χ2v) is 8.19. The summed E-state index contributed by atoms with van der Waals surface area (Å²) in [5.41, 5.74) is 0.907. The van der Waals surface area contributed by atoms with E-state index >= 15 is 0 Å². The highest BCUT2D eigenvalue weighted by atomic mass is 35.5. The van der Waals surface area contributed by atoms with Crippen molar-refractivity contribution in [1.29, 1.82) is 0 Å². The van der Waals surface area contributed by atoms with Crippen LogP contribution >= 0.6 is 23.4 Å². The molecule has 8 nitrogen and oxygen atoms in total. The Kier molecular flexibility index (Phi) is 6.10. The van der Waals surface area contributed by atoms with Crippen molar-refractivity contribution in [3.8, 4) is 11.4 Å².